The zero-order valence-electron chi connectivity index (χ0n) is 14.0. The van der Waals surface area contributed by atoms with Crippen molar-refractivity contribution < 1.29 is 5.11 Å². The number of halogens is 1. The molecular formula is C22H17ClN2O. The first-order chi connectivity index (χ1) is 12.7. The van der Waals surface area contributed by atoms with Crippen LogP contribution in [0.3, 0.4) is 0 Å². The third-order valence-electron chi connectivity index (χ3n) is 4.63. The van der Waals surface area contributed by atoms with Gasteiger partial charge in [-0.25, -0.2) is 4.98 Å². The number of nitrogens with zero attached hydrogens (tertiary/aromatic N) is 2. The Hall–Kier alpha value is -3.04. The third-order valence-corrected chi connectivity index (χ3v) is 4.96. The number of benzene rings is 3. The highest BCUT2D eigenvalue weighted by Gasteiger charge is 2.39. The quantitative estimate of drug-likeness (QED) is 0.515. The van der Waals surface area contributed by atoms with Crippen molar-refractivity contribution in [3.05, 3.63) is 119 Å². The lowest BCUT2D eigenvalue weighted by atomic mass is 9.76. The summed E-state index contributed by atoms with van der Waals surface area (Å²) in [4.78, 5) is 4.28. The van der Waals surface area contributed by atoms with Gasteiger partial charge < -0.3 is 9.67 Å². The van der Waals surface area contributed by atoms with Crippen molar-refractivity contribution in [2.75, 3.05) is 0 Å². The van der Waals surface area contributed by atoms with Gasteiger partial charge >= 0.3 is 0 Å². The number of phenols is 1. The SMILES string of the molecule is Oc1ccc(C(c2ccccc2)(c2ccccc2Cl)n2ccnc2)cc1. The molecular weight excluding hydrogens is 344 g/mol. The van der Waals surface area contributed by atoms with E-state index < -0.39 is 5.54 Å². The minimum absolute atomic E-state index is 0.223. The van der Waals surface area contributed by atoms with Crippen LogP contribution < -0.4 is 0 Å². The zero-order valence-corrected chi connectivity index (χ0v) is 14.7. The molecule has 0 saturated heterocycles. The zero-order chi connectivity index (χ0) is 18.0. The molecule has 0 fully saturated rings. The maximum Gasteiger partial charge on any atom is 0.123 e. The highest BCUT2D eigenvalue weighted by atomic mass is 35.5. The summed E-state index contributed by atoms with van der Waals surface area (Å²) in [6.45, 7) is 0. The summed E-state index contributed by atoms with van der Waals surface area (Å²) < 4.78 is 2.05. The Morgan fingerprint density at radius 2 is 1.46 bits per heavy atom. The van der Waals surface area contributed by atoms with Crippen LogP contribution in [0.4, 0.5) is 0 Å². The molecule has 0 spiro atoms. The minimum Gasteiger partial charge on any atom is -0.508 e. The van der Waals surface area contributed by atoms with E-state index in [-0.39, 0.29) is 5.75 Å². The topological polar surface area (TPSA) is 38.0 Å². The standard InChI is InChI=1S/C22H17ClN2O/c23-21-9-5-4-8-20(21)22(25-15-14-24-16-25,17-6-2-1-3-7-17)18-10-12-19(26)13-11-18/h1-16,26H. The molecule has 4 aromatic rings. The van der Waals surface area contributed by atoms with E-state index in [1.165, 1.54) is 0 Å². The predicted molar refractivity (Wildman–Crippen MR) is 104 cm³/mol. The fraction of sp³-hybridized carbons (Fsp3) is 0.0455. The van der Waals surface area contributed by atoms with E-state index in [1.54, 1.807) is 24.7 Å². The van der Waals surface area contributed by atoms with E-state index in [4.69, 9.17) is 11.6 Å². The Morgan fingerprint density at radius 3 is 2.12 bits per heavy atom. The molecule has 1 unspecified atom stereocenters. The number of phenolic OH excluding ortho intramolecular Hbond substituents is 1. The second-order valence-corrected chi connectivity index (χ2v) is 6.48. The molecule has 1 aromatic heterocycles. The molecule has 4 rings (SSSR count). The van der Waals surface area contributed by atoms with Gasteiger partial charge in [0, 0.05) is 23.0 Å². The molecule has 0 aliphatic heterocycles. The van der Waals surface area contributed by atoms with E-state index in [9.17, 15) is 5.11 Å². The maximum atomic E-state index is 9.80. The van der Waals surface area contributed by atoms with Crippen molar-refractivity contribution in [1.29, 1.82) is 0 Å². The summed E-state index contributed by atoms with van der Waals surface area (Å²) in [5, 5.41) is 10.5. The summed E-state index contributed by atoms with van der Waals surface area (Å²) in [6, 6.07) is 25.2. The van der Waals surface area contributed by atoms with Gasteiger partial charge in [0.15, 0.2) is 0 Å². The van der Waals surface area contributed by atoms with Crippen LogP contribution in [0.25, 0.3) is 0 Å². The van der Waals surface area contributed by atoms with Crippen LogP contribution >= 0.6 is 11.6 Å². The van der Waals surface area contributed by atoms with Gasteiger partial charge in [0.25, 0.3) is 0 Å². The fourth-order valence-electron chi connectivity index (χ4n) is 3.51. The molecule has 4 heteroatoms. The predicted octanol–water partition coefficient (Wildman–Crippen LogP) is 5.08. The van der Waals surface area contributed by atoms with Crippen LogP contribution in [0, 0.1) is 0 Å². The molecule has 1 atom stereocenters. The molecule has 0 saturated carbocycles. The Balaban J connectivity index is 2.14. The lowest BCUT2D eigenvalue weighted by Gasteiger charge is -2.37. The summed E-state index contributed by atoms with van der Waals surface area (Å²) in [7, 11) is 0. The number of aromatic hydroxyl groups is 1. The van der Waals surface area contributed by atoms with Crippen LogP contribution in [-0.4, -0.2) is 14.7 Å². The van der Waals surface area contributed by atoms with Gasteiger partial charge in [0.05, 0.1) is 6.33 Å². The second kappa shape index (κ2) is 6.70. The molecule has 3 aromatic carbocycles. The van der Waals surface area contributed by atoms with Gasteiger partial charge in [0.1, 0.15) is 11.3 Å². The summed E-state index contributed by atoms with van der Waals surface area (Å²) in [5.41, 5.74) is 2.27. The fourth-order valence-corrected chi connectivity index (χ4v) is 3.78. The van der Waals surface area contributed by atoms with Crippen LogP contribution in [0.1, 0.15) is 16.7 Å². The smallest absolute Gasteiger partial charge is 0.123 e. The van der Waals surface area contributed by atoms with Crippen LogP contribution in [-0.2, 0) is 5.54 Å². The van der Waals surface area contributed by atoms with Crippen LogP contribution in [0.2, 0.25) is 5.02 Å². The van der Waals surface area contributed by atoms with Gasteiger partial charge in [-0.1, -0.05) is 72.3 Å². The van der Waals surface area contributed by atoms with Gasteiger partial charge in [-0.3, -0.25) is 0 Å². The van der Waals surface area contributed by atoms with Gasteiger partial charge in [-0.15, -0.1) is 0 Å². The van der Waals surface area contributed by atoms with E-state index in [0.717, 1.165) is 16.7 Å². The molecule has 0 aliphatic carbocycles. The maximum absolute atomic E-state index is 9.80. The van der Waals surface area contributed by atoms with E-state index >= 15 is 0 Å². The van der Waals surface area contributed by atoms with Crippen molar-refractivity contribution in [3.8, 4) is 5.75 Å². The van der Waals surface area contributed by atoms with E-state index in [1.807, 2.05) is 60.8 Å². The summed E-state index contributed by atoms with van der Waals surface area (Å²) >= 11 is 6.67. The molecule has 1 heterocycles. The molecule has 0 radical (unpaired) electrons. The average Bonchev–Trinajstić information content (AvgIpc) is 3.21. The van der Waals surface area contributed by atoms with Crippen molar-refractivity contribution in [2.24, 2.45) is 0 Å². The molecule has 26 heavy (non-hydrogen) atoms. The van der Waals surface area contributed by atoms with Crippen LogP contribution in [0.5, 0.6) is 5.75 Å². The molecule has 0 bridgehead atoms. The van der Waals surface area contributed by atoms with E-state index in [2.05, 4.69) is 21.7 Å². The average molecular weight is 361 g/mol. The Bertz CT molecular complexity index is 998. The lowest BCUT2D eigenvalue weighted by Crippen LogP contribution is -2.37. The Kier molecular flexibility index (Phi) is 4.23. The van der Waals surface area contributed by atoms with Crippen molar-refractivity contribution in [3.63, 3.8) is 0 Å². The Labute approximate surface area is 157 Å². The monoisotopic (exact) mass is 360 g/mol. The van der Waals surface area contributed by atoms with Crippen LogP contribution in [0.15, 0.2) is 97.6 Å². The number of hydrogen-bond acceptors (Lipinski definition) is 2. The van der Waals surface area contributed by atoms with Gasteiger partial charge in [-0.2, -0.15) is 0 Å². The normalized spacial score (nSPS) is 13.3. The van der Waals surface area contributed by atoms with E-state index in [0.29, 0.717) is 5.02 Å². The highest BCUT2D eigenvalue weighted by molar-refractivity contribution is 6.31. The first kappa shape index (κ1) is 16.4. The number of hydrogen-bond donors (Lipinski definition) is 1. The molecule has 3 nitrogen and oxygen atoms in total. The third kappa shape index (κ3) is 2.57. The number of imidazole rings is 1. The lowest BCUT2D eigenvalue weighted by molar-refractivity contribution is 0.472. The molecule has 128 valence electrons. The molecule has 0 aliphatic rings. The number of aromatic nitrogens is 2. The number of rotatable bonds is 4. The summed E-state index contributed by atoms with van der Waals surface area (Å²) in [6.07, 6.45) is 5.49. The highest BCUT2D eigenvalue weighted by Crippen LogP contribution is 2.43. The van der Waals surface area contributed by atoms with Crippen molar-refractivity contribution in [2.45, 2.75) is 5.54 Å². The van der Waals surface area contributed by atoms with Gasteiger partial charge in [-0.05, 0) is 29.3 Å². The first-order valence-corrected chi connectivity index (χ1v) is 8.69. The largest absolute Gasteiger partial charge is 0.508 e. The molecule has 0 amide bonds. The summed E-state index contributed by atoms with van der Waals surface area (Å²) in [5.74, 6) is 0.223. The first-order valence-electron chi connectivity index (χ1n) is 8.31. The minimum atomic E-state index is -0.705. The Morgan fingerprint density at radius 1 is 0.808 bits per heavy atom. The second-order valence-electron chi connectivity index (χ2n) is 6.07. The molecule has 1 N–H and O–H groups in total. The van der Waals surface area contributed by atoms with Gasteiger partial charge in [0.2, 0.25) is 0 Å². The van der Waals surface area contributed by atoms with Crippen molar-refractivity contribution in [1.82, 2.24) is 9.55 Å². The van der Waals surface area contributed by atoms with Crippen molar-refractivity contribution >= 4 is 11.6 Å².